The summed E-state index contributed by atoms with van der Waals surface area (Å²) in [6, 6.07) is 6.26. The van der Waals surface area contributed by atoms with E-state index in [4.69, 9.17) is 0 Å². The highest BCUT2D eigenvalue weighted by Crippen LogP contribution is 2.27. The fourth-order valence-electron chi connectivity index (χ4n) is 1.93. The van der Waals surface area contributed by atoms with Crippen LogP contribution in [0, 0.1) is 6.92 Å². The first-order valence-corrected chi connectivity index (χ1v) is 9.36. The van der Waals surface area contributed by atoms with Gasteiger partial charge in [0.25, 0.3) is 0 Å². The van der Waals surface area contributed by atoms with Gasteiger partial charge in [0.05, 0.1) is 5.75 Å². The number of benzene rings is 1. The highest BCUT2D eigenvalue weighted by atomic mass is 79.9. The zero-order valence-electron chi connectivity index (χ0n) is 11.7. The smallest absolute Gasteiger partial charge is 0.147 e. The summed E-state index contributed by atoms with van der Waals surface area (Å²) in [6.07, 6.45) is 2.91. The van der Waals surface area contributed by atoms with Crippen LogP contribution in [0.3, 0.4) is 0 Å². The molecule has 0 bridgehead atoms. The van der Waals surface area contributed by atoms with Crippen LogP contribution in [-0.2, 0) is 9.84 Å². The van der Waals surface area contributed by atoms with Crippen molar-refractivity contribution in [2.24, 2.45) is 0 Å². The van der Waals surface area contributed by atoms with Gasteiger partial charge >= 0.3 is 0 Å². The van der Waals surface area contributed by atoms with Gasteiger partial charge in [0, 0.05) is 16.8 Å². The molecule has 1 atom stereocenters. The zero-order chi connectivity index (χ0) is 14.5. The summed E-state index contributed by atoms with van der Waals surface area (Å²) in [5, 5.41) is 3.42. The number of sulfone groups is 1. The predicted octanol–water partition coefficient (Wildman–Crippen LogP) is 3.23. The quantitative estimate of drug-likeness (QED) is 0.823. The van der Waals surface area contributed by atoms with Crippen LogP contribution in [0.25, 0.3) is 0 Å². The van der Waals surface area contributed by atoms with Gasteiger partial charge in [-0.2, -0.15) is 0 Å². The molecule has 0 saturated carbocycles. The third-order valence-corrected chi connectivity index (χ3v) is 4.61. The van der Waals surface area contributed by atoms with Crippen molar-refractivity contribution in [3.8, 4) is 0 Å². The van der Waals surface area contributed by atoms with Gasteiger partial charge in [0.15, 0.2) is 0 Å². The Hall–Kier alpha value is -0.390. The fraction of sp³-hybridized carbons (Fsp3) is 0.571. The summed E-state index contributed by atoms with van der Waals surface area (Å²) in [5.74, 6) is 0.203. The lowest BCUT2D eigenvalue weighted by atomic mass is 10.0. The molecule has 1 N–H and O–H groups in total. The Balaban J connectivity index is 2.88. The molecule has 108 valence electrons. The van der Waals surface area contributed by atoms with E-state index in [1.165, 1.54) is 11.8 Å². The molecule has 0 radical (unpaired) electrons. The molecule has 0 aliphatic carbocycles. The number of hydrogen-bond donors (Lipinski definition) is 1. The second-order valence-electron chi connectivity index (χ2n) is 4.95. The first-order chi connectivity index (χ1) is 8.83. The average Bonchev–Trinajstić information content (AvgIpc) is 2.29. The van der Waals surface area contributed by atoms with Crippen molar-refractivity contribution in [2.75, 3.05) is 18.6 Å². The number of rotatable bonds is 7. The monoisotopic (exact) mass is 347 g/mol. The van der Waals surface area contributed by atoms with Crippen LogP contribution < -0.4 is 5.32 Å². The van der Waals surface area contributed by atoms with Gasteiger partial charge < -0.3 is 5.32 Å². The van der Waals surface area contributed by atoms with Gasteiger partial charge in [0.2, 0.25) is 0 Å². The molecule has 0 aliphatic rings. The Morgan fingerprint density at radius 3 is 2.58 bits per heavy atom. The van der Waals surface area contributed by atoms with E-state index in [1.54, 1.807) is 0 Å². The van der Waals surface area contributed by atoms with Gasteiger partial charge in [-0.1, -0.05) is 35.0 Å². The molecule has 0 amide bonds. The molecule has 0 aliphatic heterocycles. The molecule has 1 unspecified atom stereocenters. The second-order valence-corrected chi connectivity index (χ2v) is 8.06. The van der Waals surface area contributed by atoms with Crippen molar-refractivity contribution in [1.29, 1.82) is 0 Å². The number of nitrogens with one attached hydrogen (secondary N) is 1. The number of halogens is 1. The van der Waals surface area contributed by atoms with E-state index < -0.39 is 9.84 Å². The third kappa shape index (κ3) is 6.06. The van der Waals surface area contributed by atoms with Crippen LogP contribution in [0.15, 0.2) is 22.7 Å². The van der Waals surface area contributed by atoms with Gasteiger partial charge in [-0.15, -0.1) is 0 Å². The molecule has 1 rings (SSSR count). The van der Waals surface area contributed by atoms with E-state index in [2.05, 4.69) is 46.4 Å². The highest BCUT2D eigenvalue weighted by molar-refractivity contribution is 9.10. The molecule has 0 spiro atoms. The molecule has 3 nitrogen and oxygen atoms in total. The standard InChI is InChI=1S/C14H22BrNO2S/c1-4-8-16-14(7-9-19(3,17)18)12-6-5-11(2)10-13(12)15/h5-6,10,14,16H,4,7-9H2,1-3H3. The maximum Gasteiger partial charge on any atom is 0.147 e. The van der Waals surface area contributed by atoms with Gasteiger partial charge in [-0.25, -0.2) is 8.42 Å². The van der Waals surface area contributed by atoms with E-state index in [0.717, 1.165) is 23.0 Å². The minimum Gasteiger partial charge on any atom is -0.310 e. The summed E-state index contributed by atoms with van der Waals surface area (Å²) in [4.78, 5) is 0. The van der Waals surface area contributed by atoms with Gasteiger partial charge in [0.1, 0.15) is 9.84 Å². The van der Waals surface area contributed by atoms with E-state index in [0.29, 0.717) is 6.42 Å². The highest BCUT2D eigenvalue weighted by Gasteiger charge is 2.16. The van der Waals surface area contributed by atoms with Crippen LogP contribution in [-0.4, -0.2) is 27.0 Å². The molecular formula is C14H22BrNO2S. The van der Waals surface area contributed by atoms with Crippen LogP contribution in [0.5, 0.6) is 0 Å². The molecule has 19 heavy (non-hydrogen) atoms. The van der Waals surface area contributed by atoms with Crippen LogP contribution in [0.2, 0.25) is 0 Å². The first kappa shape index (κ1) is 16.7. The van der Waals surface area contributed by atoms with E-state index in [-0.39, 0.29) is 11.8 Å². The lowest BCUT2D eigenvalue weighted by molar-refractivity contribution is 0.512. The fourth-order valence-corrected chi connectivity index (χ4v) is 3.37. The minimum atomic E-state index is -2.93. The third-order valence-electron chi connectivity index (χ3n) is 2.95. The second kappa shape index (κ2) is 7.41. The minimum absolute atomic E-state index is 0.0737. The molecule has 1 aromatic rings. The normalized spacial score (nSPS) is 13.5. The Morgan fingerprint density at radius 1 is 1.37 bits per heavy atom. The lowest BCUT2D eigenvalue weighted by Crippen LogP contribution is -2.24. The topological polar surface area (TPSA) is 46.2 Å². The molecule has 1 aromatic carbocycles. The van der Waals surface area contributed by atoms with Crippen LogP contribution >= 0.6 is 15.9 Å². The predicted molar refractivity (Wildman–Crippen MR) is 84.2 cm³/mol. The van der Waals surface area contributed by atoms with Crippen molar-refractivity contribution in [1.82, 2.24) is 5.32 Å². The van der Waals surface area contributed by atoms with Crippen molar-refractivity contribution in [3.63, 3.8) is 0 Å². The zero-order valence-corrected chi connectivity index (χ0v) is 14.1. The molecule has 0 saturated heterocycles. The van der Waals surface area contributed by atoms with Crippen molar-refractivity contribution in [3.05, 3.63) is 33.8 Å². The SMILES string of the molecule is CCCNC(CCS(C)(=O)=O)c1ccc(C)cc1Br. The van der Waals surface area contributed by atoms with Crippen LogP contribution in [0.1, 0.15) is 36.9 Å². The largest absolute Gasteiger partial charge is 0.310 e. The summed E-state index contributed by atoms with van der Waals surface area (Å²) in [6.45, 7) is 5.03. The summed E-state index contributed by atoms with van der Waals surface area (Å²) >= 11 is 3.57. The average molecular weight is 348 g/mol. The maximum atomic E-state index is 11.3. The van der Waals surface area contributed by atoms with Crippen LogP contribution in [0.4, 0.5) is 0 Å². The number of aryl methyl sites for hydroxylation is 1. The first-order valence-electron chi connectivity index (χ1n) is 6.50. The molecule has 0 aromatic heterocycles. The summed E-state index contributed by atoms with van der Waals surface area (Å²) < 4.78 is 23.7. The maximum absolute atomic E-state index is 11.3. The molecule has 0 heterocycles. The van der Waals surface area contributed by atoms with Crippen molar-refractivity contribution in [2.45, 2.75) is 32.7 Å². The van der Waals surface area contributed by atoms with Crippen molar-refractivity contribution >= 4 is 25.8 Å². The summed E-state index contributed by atoms with van der Waals surface area (Å²) in [5.41, 5.74) is 2.32. The molecular weight excluding hydrogens is 326 g/mol. The Bertz CT molecular complexity index is 514. The van der Waals surface area contributed by atoms with Gasteiger partial charge in [-0.3, -0.25) is 0 Å². The van der Waals surface area contributed by atoms with Crippen molar-refractivity contribution < 1.29 is 8.42 Å². The van der Waals surface area contributed by atoms with E-state index >= 15 is 0 Å². The van der Waals surface area contributed by atoms with E-state index in [9.17, 15) is 8.42 Å². The number of hydrogen-bond acceptors (Lipinski definition) is 3. The Kier molecular flexibility index (Phi) is 6.50. The lowest BCUT2D eigenvalue weighted by Gasteiger charge is -2.20. The molecule has 5 heteroatoms. The molecule has 0 fully saturated rings. The summed E-state index contributed by atoms with van der Waals surface area (Å²) in [7, 11) is -2.93. The Labute approximate surface area is 124 Å². The van der Waals surface area contributed by atoms with E-state index in [1.807, 2.05) is 6.92 Å². The Morgan fingerprint density at radius 2 is 2.05 bits per heavy atom. The van der Waals surface area contributed by atoms with Gasteiger partial charge in [-0.05, 0) is 43.5 Å².